The van der Waals surface area contributed by atoms with E-state index in [1.807, 2.05) is 11.8 Å². The van der Waals surface area contributed by atoms with E-state index in [2.05, 4.69) is 24.2 Å². The van der Waals surface area contributed by atoms with Gasteiger partial charge in [0.1, 0.15) is 0 Å². The molecule has 1 rings (SSSR count). The van der Waals surface area contributed by atoms with Crippen LogP contribution in [0.4, 0.5) is 0 Å². The van der Waals surface area contributed by atoms with Gasteiger partial charge in [0.2, 0.25) is 0 Å². The summed E-state index contributed by atoms with van der Waals surface area (Å²) in [6.45, 7) is 7.16. The lowest BCUT2D eigenvalue weighted by Gasteiger charge is -2.35. The molecule has 4 nitrogen and oxygen atoms in total. The van der Waals surface area contributed by atoms with Gasteiger partial charge in [-0.25, -0.2) is 0 Å². The highest BCUT2D eigenvalue weighted by molar-refractivity contribution is 8.13. The van der Waals surface area contributed by atoms with E-state index < -0.39 is 0 Å². The molecule has 1 aliphatic rings. The first-order valence-electron chi connectivity index (χ1n) is 6.22. The molecule has 0 aromatic heterocycles. The van der Waals surface area contributed by atoms with E-state index in [1.165, 1.54) is 6.42 Å². The molecule has 5 heteroatoms. The van der Waals surface area contributed by atoms with Crippen molar-refractivity contribution >= 4 is 16.9 Å². The quantitative estimate of drug-likeness (QED) is 0.710. The van der Waals surface area contributed by atoms with Crippen LogP contribution in [0.3, 0.4) is 0 Å². The van der Waals surface area contributed by atoms with Crippen molar-refractivity contribution in [2.45, 2.75) is 32.2 Å². The number of rotatable bonds is 7. The number of hydrogen-bond donors (Lipinski definition) is 1. The van der Waals surface area contributed by atoms with E-state index >= 15 is 0 Å². The second-order valence-electron chi connectivity index (χ2n) is 4.43. The van der Waals surface area contributed by atoms with Crippen LogP contribution >= 0.6 is 11.8 Å². The molecule has 0 aromatic carbocycles. The first kappa shape index (κ1) is 14.8. The molecule has 17 heavy (non-hydrogen) atoms. The minimum Gasteiger partial charge on any atom is -0.382 e. The molecule has 0 spiro atoms. The SMILES string of the molecule is CCC1(C)CCSC(=NCCOCCOC)N1. The molecule has 0 amide bonds. The van der Waals surface area contributed by atoms with Crippen molar-refractivity contribution in [1.82, 2.24) is 5.32 Å². The number of nitrogens with zero attached hydrogens (tertiary/aromatic N) is 1. The molecule has 1 fully saturated rings. The number of hydrogen-bond acceptors (Lipinski definition) is 4. The lowest BCUT2D eigenvalue weighted by Crippen LogP contribution is -2.48. The fourth-order valence-corrected chi connectivity index (χ4v) is 2.78. The summed E-state index contributed by atoms with van der Waals surface area (Å²) in [5.41, 5.74) is 0.223. The van der Waals surface area contributed by atoms with Crippen LogP contribution in [0.5, 0.6) is 0 Å². The number of aliphatic imine (C=N–C) groups is 1. The third-order valence-electron chi connectivity index (χ3n) is 3.00. The second-order valence-corrected chi connectivity index (χ2v) is 5.51. The van der Waals surface area contributed by atoms with Crippen LogP contribution in [0.2, 0.25) is 0 Å². The Kier molecular flexibility index (Phi) is 6.92. The van der Waals surface area contributed by atoms with Crippen LogP contribution in [-0.2, 0) is 9.47 Å². The highest BCUT2D eigenvalue weighted by Gasteiger charge is 2.27. The number of ether oxygens (including phenoxy) is 2. The molecule has 1 N–H and O–H groups in total. The summed E-state index contributed by atoms with van der Waals surface area (Å²) in [5, 5.41) is 4.58. The Bertz CT molecular complexity index is 249. The standard InChI is InChI=1S/C12H24N2O2S/c1-4-12(2)5-10-17-11(14-12)13-6-7-16-9-8-15-3/h4-10H2,1-3H3,(H,13,14). The second kappa shape index (κ2) is 7.95. The Labute approximate surface area is 109 Å². The van der Waals surface area contributed by atoms with Gasteiger partial charge in [-0.15, -0.1) is 0 Å². The Hall–Kier alpha value is -0.260. The Morgan fingerprint density at radius 1 is 1.41 bits per heavy atom. The van der Waals surface area contributed by atoms with E-state index in [9.17, 15) is 0 Å². The van der Waals surface area contributed by atoms with Crippen molar-refractivity contribution in [2.24, 2.45) is 4.99 Å². The van der Waals surface area contributed by atoms with Crippen molar-refractivity contribution in [3.63, 3.8) is 0 Å². The summed E-state index contributed by atoms with van der Waals surface area (Å²) in [6.07, 6.45) is 2.34. The maximum Gasteiger partial charge on any atom is 0.157 e. The predicted octanol–water partition coefficient (Wildman–Crippen LogP) is 1.90. The molecule has 1 heterocycles. The van der Waals surface area contributed by atoms with Gasteiger partial charge in [-0.2, -0.15) is 0 Å². The topological polar surface area (TPSA) is 42.9 Å². The van der Waals surface area contributed by atoms with Gasteiger partial charge in [-0.3, -0.25) is 4.99 Å². The monoisotopic (exact) mass is 260 g/mol. The molecule has 0 saturated carbocycles. The van der Waals surface area contributed by atoms with Crippen molar-refractivity contribution in [3.8, 4) is 0 Å². The molecule has 0 aliphatic carbocycles. The summed E-state index contributed by atoms with van der Waals surface area (Å²) < 4.78 is 10.3. The first-order valence-corrected chi connectivity index (χ1v) is 7.21. The fraction of sp³-hybridized carbons (Fsp3) is 0.917. The number of methoxy groups -OCH3 is 1. The molecule has 1 aliphatic heterocycles. The van der Waals surface area contributed by atoms with E-state index in [1.54, 1.807) is 7.11 Å². The molecule has 100 valence electrons. The molecule has 0 radical (unpaired) electrons. The molecular formula is C12H24N2O2S. The zero-order chi connectivity index (χ0) is 12.6. The van der Waals surface area contributed by atoms with Gasteiger partial charge in [0.25, 0.3) is 0 Å². The minimum atomic E-state index is 0.223. The minimum absolute atomic E-state index is 0.223. The van der Waals surface area contributed by atoms with Gasteiger partial charge in [0, 0.05) is 18.4 Å². The highest BCUT2D eigenvalue weighted by Crippen LogP contribution is 2.24. The maximum atomic E-state index is 5.37. The van der Waals surface area contributed by atoms with Crippen molar-refractivity contribution in [3.05, 3.63) is 0 Å². The van der Waals surface area contributed by atoms with E-state index in [4.69, 9.17) is 9.47 Å². The molecule has 1 saturated heterocycles. The Morgan fingerprint density at radius 2 is 2.24 bits per heavy atom. The van der Waals surface area contributed by atoms with Gasteiger partial charge in [0.15, 0.2) is 5.17 Å². The van der Waals surface area contributed by atoms with Gasteiger partial charge >= 0.3 is 0 Å². The van der Waals surface area contributed by atoms with E-state index in [0.717, 1.165) is 23.9 Å². The summed E-state index contributed by atoms with van der Waals surface area (Å²) >= 11 is 1.81. The normalized spacial score (nSPS) is 27.1. The molecule has 1 atom stereocenters. The zero-order valence-corrected chi connectivity index (χ0v) is 11.9. The van der Waals surface area contributed by atoms with Crippen molar-refractivity contribution in [2.75, 3.05) is 39.2 Å². The lowest BCUT2D eigenvalue weighted by atomic mass is 9.96. The van der Waals surface area contributed by atoms with E-state index in [0.29, 0.717) is 19.8 Å². The number of thioether (sulfide) groups is 1. The third-order valence-corrected chi connectivity index (χ3v) is 3.92. The average Bonchev–Trinajstić information content (AvgIpc) is 2.34. The molecule has 0 aromatic rings. The summed E-state index contributed by atoms with van der Waals surface area (Å²) in [6, 6.07) is 0. The third kappa shape index (κ3) is 5.75. The summed E-state index contributed by atoms with van der Waals surface area (Å²) in [7, 11) is 1.68. The molecule has 0 bridgehead atoms. The van der Waals surface area contributed by atoms with Crippen molar-refractivity contribution in [1.29, 1.82) is 0 Å². The predicted molar refractivity (Wildman–Crippen MR) is 73.9 cm³/mol. The van der Waals surface area contributed by atoms with Crippen LogP contribution in [0.1, 0.15) is 26.7 Å². The van der Waals surface area contributed by atoms with Gasteiger partial charge < -0.3 is 14.8 Å². The van der Waals surface area contributed by atoms with E-state index in [-0.39, 0.29) is 5.54 Å². The molecule has 1 unspecified atom stereocenters. The van der Waals surface area contributed by atoms with Crippen LogP contribution in [-0.4, -0.2) is 49.9 Å². The van der Waals surface area contributed by atoms with Gasteiger partial charge in [-0.05, 0) is 19.8 Å². The van der Waals surface area contributed by atoms with Gasteiger partial charge in [0.05, 0.1) is 26.4 Å². The smallest absolute Gasteiger partial charge is 0.157 e. The van der Waals surface area contributed by atoms with Crippen LogP contribution in [0.25, 0.3) is 0 Å². The van der Waals surface area contributed by atoms with Crippen LogP contribution < -0.4 is 5.32 Å². The Balaban J connectivity index is 2.20. The van der Waals surface area contributed by atoms with Crippen molar-refractivity contribution < 1.29 is 9.47 Å². The summed E-state index contributed by atoms with van der Waals surface area (Å²) in [4.78, 5) is 4.53. The number of amidine groups is 1. The lowest BCUT2D eigenvalue weighted by molar-refractivity contribution is 0.0748. The van der Waals surface area contributed by atoms with Gasteiger partial charge in [-0.1, -0.05) is 18.7 Å². The Morgan fingerprint density at radius 3 is 2.94 bits per heavy atom. The fourth-order valence-electron chi connectivity index (χ4n) is 1.54. The van der Waals surface area contributed by atoms with Crippen LogP contribution in [0.15, 0.2) is 4.99 Å². The van der Waals surface area contributed by atoms with Crippen LogP contribution in [0, 0.1) is 0 Å². The zero-order valence-electron chi connectivity index (χ0n) is 11.1. The largest absolute Gasteiger partial charge is 0.382 e. The first-order chi connectivity index (χ1) is 8.20. The highest BCUT2D eigenvalue weighted by atomic mass is 32.2. The average molecular weight is 260 g/mol. The molecular weight excluding hydrogens is 236 g/mol. The maximum absolute atomic E-state index is 5.37. The summed E-state index contributed by atoms with van der Waals surface area (Å²) in [5.74, 6) is 1.15. The number of nitrogens with one attached hydrogen (secondary N) is 1.